The van der Waals surface area contributed by atoms with E-state index in [0.717, 1.165) is 30.2 Å². The number of para-hydroxylation sites is 3. The van der Waals surface area contributed by atoms with Crippen molar-refractivity contribution in [3.8, 4) is 17.2 Å². The first-order valence-corrected chi connectivity index (χ1v) is 6.57. The van der Waals surface area contributed by atoms with Crippen LogP contribution in [0, 0.1) is 0 Å². The summed E-state index contributed by atoms with van der Waals surface area (Å²) in [4.78, 5) is 4.45. The summed E-state index contributed by atoms with van der Waals surface area (Å²) >= 11 is 0. The number of rotatable bonds is 4. The van der Waals surface area contributed by atoms with Crippen molar-refractivity contribution in [2.45, 2.75) is 0 Å². The Morgan fingerprint density at radius 1 is 0.950 bits per heavy atom. The fourth-order valence-corrected chi connectivity index (χ4v) is 2.15. The molecule has 4 nitrogen and oxygen atoms in total. The van der Waals surface area contributed by atoms with Gasteiger partial charge in [-0.05, 0) is 24.3 Å². The average Bonchev–Trinajstić information content (AvgIpc) is 3.02. The van der Waals surface area contributed by atoms with Gasteiger partial charge in [0.1, 0.15) is 11.6 Å². The number of aliphatic imine (C=N–C) groups is 1. The van der Waals surface area contributed by atoms with Crippen molar-refractivity contribution in [2.24, 2.45) is 4.99 Å². The van der Waals surface area contributed by atoms with Crippen molar-refractivity contribution in [1.82, 2.24) is 5.32 Å². The summed E-state index contributed by atoms with van der Waals surface area (Å²) in [6, 6.07) is 15.5. The van der Waals surface area contributed by atoms with E-state index in [1.807, 2.05) is 48.5 Å². The maximum Gasteiger partial charge on any atom is 0.169 e. The van der Waals surface area contributed by atoms with Gasteiger partial charge in [-0.1, -0.05) is 24.3 Å². The van der Waals surface area contributed by atoms with Crippen molar-refractivity contribution in [3.63, 3.8) is 0 Å². The topological polar surface area (TPSA) is 42.9 Å². The van der Waals surface area contributed by atoms with Crippen LogP contribution in [0.25, 0.3) is 0 Å². The highest BCUT2D eigenvalue weighted by molar-refractivity contribution is 6.02. The number of hydrogen-bond donors (Lipinski definition) is 1. The standard InChI is InChI=1S/C16H16N2O2/c1-19-14-8-4-5-9-15(14)20-13-7-3-2-6-12(13)16-17-10-11-18-16/h2-9H,10-11H2,1H3,(H,17,18). The van der Waals surface area contributed by atoms with E-state index in [9.17, 15) is 0 Å². The molecule has 4 heteroatoms. The van der Waals surface area contributed by atoms with Crippen LogP contribution in [0.4, 0.5) is 0 Å². The number of benzene rings is 2. The number of hydrogen-bond acceptors (Lipinski definition) is 4. The first-order valence-electron chi connectivity index (χ1n) is 6.57. The molecule has 0 amide bonds. The van der Waals surface area contributed by atoms with E-state index >= 15 is 0 Å². The minimum Gasteiger partial charge on any atom is -0.493 e. The van der Waals surface area contributed by atoms with E-state index in [0.29, 0.717) is 11.5 Å². The molecule has 1 aliphatic heterocycles. The molecule has 0 aliphatic carbocycles. The molecule has 0 spiro atoms. The third kappa shape index (κ3) is 2.45. The summed E-state index contributed by atoms with van der Waals surface area (Å²) < 4.78 is 11.3. The lowest BCUT2D eigenvalue weighted by molar-refractivity contribution is 0.378. The van der Waals surface area contributed by atoms with Crippen LogP contribution >= 0.6 is 0 Å². The molecule has 20 heavy (non-hydrogen) atoms. The van der Waals surface area contributed by atoms with Crippen LogP contribution in [0.15, 0.2) is 53.5 Å². The Morgan fingerprint density at radius 2 is 1.65 bits per heavy atom. The smallest absolute Gasteiger partial charge is 0.169 e. The predicted molar refractivity (Wildman–Crippen MR) is 78.9 cm³/mol. The van der Waals surface area contributed by atoms with Crippen LogP contribution in [-0.4, -0.2) is 26.0 Å². The van der Waals surface area contributed by atoms with Crippen molar-refractivity contribution < 1.29 is 9.47 Å². The molecule has 0 bridgehead atoms. The zero-order chi connectivity index (χ0) is 13.8. The van der Waals surface area contributed by atoms with Gasteiger partial charge in [-0.15, -0.1) is 0 Å². The number of amidine groups is 1. The van der Waals surface area contributed by atoms with Crippen molar-refractivity contribution in [3.05, 3.63) is 54.1 Å². The van der Waals surface area contributed by atoms with E-state index in [-0.39, 0.29) is 0 Å². The van der Waals surface area contributed by atoms with E-state index in [2.05, 4.69) is 10.3 Å². The van der Waals surface area contributed by atoms with Crippen molar-refractivity contribution in [2.75, 3.05) is 20.2 Å². The SMILES string of the molecule is COc1ccccc1Oc1ccccc1C1=NCCN1. The monoisotopic (exact) mass is 268 g/mol. The molecule has 2 aromatic rings. The number of ether oxygens (including phenoxy) is 2. The molecule has 0 aromatic heterocycles. The van der Waals surface area contributed by atoms with Crippen LogP contribution in [0.5, 0.6) is 17.2 Å². The first-order chi connectivity index (χ1) is 9.88. The van der Waals surface area contributed by atoms with Gasteiger partial charge in [-0.2, -0.15) is 0 Å². The molecular formula is C16H16N2O2. The fraction of sp³-hybridized carbons (Fsp3) is 0.188. The summed E-state index contributed by atoms with van der Waals surface area (Å²) in [5, 5.41) is 3.27. The highest BCUT2D eigenvalue weighted by Crippen LogP contribution is 2.32. The van der Waals surface area contributed by atoms with Gasteiger partial charge in [0.25, 0.3) is 0 Å². The fourth-order valence-electron chi connectivity index (χ4n) is 2.15. The Kier molecular flexibility index (Phi) is 3.54. The third-order valence-electron chi connectivity index (χ3n) is 3.11. The molecule has 1 heterocycles. The predicted octanol–water partition coefficient (Wildman–Crippen LogP) is 2.84. The first kappa shape index (κ1) is 12.5. The van der Waals surface area contributed by atoms with Crippen LogP contribution in [-0.2, 0) is 0 Å². The van der Waals surface area contributed by atoms with Gasteiger partial charge in [0.2, 0.25) is 0 Å². The number of nitrogens with one attached hydrogen (secondary N) is 1. The summed E-state index contributed by atoms with van der Waals surface area (Å²) in [5.74, 6) is 3.06. The Hall–Kier alpha value is -2.49. The van der Waals surface area contributed by atoms with E-state index in [4.69, 9.17) is 9.47 Å². The molecule has 0 unspecified atom stereocenters. The van der Waals surface area contributed by atoms with Gasteiger partial charge in [0.05, 0.1) is 19.2 Å². The van der Waals surface area contributed by atoms with Crippen molar-refractivity contribution in [1.29, 1.82) is 0 Å². The summed E-state index contributed by atoms with van der Waals surface area (Å²) in [7, 11) is 1.64. The summed E-state index contributed by atoms with van der Waals surface area (Å²) in [6.45, 7) is 1.68. The molecule has 0 fully saturated rings. The molecule has 102 valence electrons. The van der Waals surface area contributed by atoms with Gasteiger partial charge < -0.3 is 14.8 Å². The number of methoxy groups -OCH3 is 1. The highest BCUT2D eigenvalue weighted by Gasteiger charge is 2.14. The lowest BCUT2D eigenvalue weighted by Gasteiger charge is -2.13. The maximum absolute atomic E-state index is 6.00. The minimum atomic E-state index is 0.695. The minimum absolute atomic E-state index is 0.695. The molecule has 2 aromatic carbocycles. The lowest BCUT2D eigenvalue weighted by Crippen LogP contribution is -2.19. The van der Waals surface area contributed by atoms with Gasteiger partial charge >= 0.3 is 0 Å². The molecule has 1 N–H and O–H groups in total. The van der Waals surface area contributed by atoms with Gasteiger partial charge in [-0.3, -0.25) is 4.99 Å². The molecule has 0 radical (unpaired) electrons. The molecule has 0 atom stereocenters. The Morgan fingerprint density at radius 3 is 2.35 bits per heavy atom. The maximum atomic E-state index is 6.00. The molecule has 0 saturated carbocycles. The normalized spacial score (nSPS) is 13.6. The Labute approximate surface area is 118 Å². The summed E-state index contributed by atoms with van der Waals surface area (Å²) in [6.07, 6.45) is 0. The Bertz CT molecular complexity index is 638. The third-order valence-corrected chi connectivity index (χ3v) is 3.11. The zero-order valence-corrected chi connectivity index (χ0v) is 11.3. The van der Waals surface area contributed by atoms with Gasteiger partial charge in [-0.25, -0.2) is 0 Å². The molecule has 1 aliphatic rings. The molecule has 0 saturated heterocycles. The second-order valence-corrected chi connectivity index (χ2v) is 4.41. The molecular weight excluding hydrogens is 252 g/mol. The van der Waals surface area contributed by atoms with Crippen LogP contribution < -0.4 is 14.8 Å². The quantitative estimate of drug-likeness (QED) is 0.927. The second-order valence-electron chi connectivity index (χ2n) is 4.41. The Balaban J connectivity index is 1.95. The van der Waals surface area contributed by atoms with E-state index < -0.39 is 0 Å². The lowest BCUT2D eigenvalue weighted by atomic mass is 10.2. The van der Waals surface area contributed by atoms with E-state index in [1.54, 1.807) is 7.11 Å². The largest absolute Gasteiger partial charge is 0.493 e. The second kappa shape index (κ2) is 5.65. The number of nitrogens with zero attached hydrogens (tertiary/aromatic N) is 1. The highest BCUT2D eigenvalue weighted by atomic mass is 16.5. The van der Waals surface area contributed by atoms with Crippen LogP contribution in [0.1, 0.15) is 5.56 Å². The van der Waals surface area contributed by atoms with Crippen LogP contribution in [0.2, 0.25) is 0 Å². The summed E-state index contributed by atoms with van der Waals surface area (Å²) in [5.41, 5.74) is 0.968. The van der Waals surface area contributed by atoms with Gasteiger partial charge in [0, 0.05) is 6.54 Å². The van der Waals surface area contributed by atoms with Crippen LogP contribution in [0.3, 0.4) is 0 Å². The van der Waals surface area contributed by atoms with Gasteiger partial charge in [0.15, 0.2) is 11.5 Å². The average molecular weight is 268 g/mol. The van der Waals surface area contributed by atoms with E-state index in [1.165, 1.54) is 0 Å². The zero-order valence-electron chi connectivity index (χ0n) is 11.3. The molecule has 3 rings (SSSR count). The van der Waals surface area contributed by atoms with Crippen molar-refractivity contribution >= 4 is 5.84 Å².